The molecule has 0 bridgehead atoms. The number of halogens is 1. The second kappa shape index (κ2) is 7.50. The number of likely N-dealkylation sites (N-methyl/N-ethyl adjacent to an activating group) is 1. The standard InChI is InChI=1S/C13H22N4O.ClH/c1-14-12(10-8-15-17(2)9-10)13(18)16-11-6-4-3-5-7-11;/h8-9,11-12,14H,3-7H2,1-2H3,(H,16,18);1H. The van der Waals surface area contributed by atoms with Crippen molar-refractivity contribution in [3.05, 3.63) is 18.0 Å². The number of nitrogens with zero attached hydrogens (tertiary/aromatic N) is 2. The fourth-order valence-corrected chi connectivity index (χ4v) is 2.57. The van der Waals surface area contributed by atoms with E-state index in [0.717, 1.165) is 18.4 Å². The molecule has 1 heterocycles. The minimum Gasteiger partial charge on any atom is -0.352 e. The number of hydrogen-bond acceptors (Lipinski definition) is 3. The van der Waals surface area contributed by atoms with Gasteiger partial charge in [0.25, 0.3) is 0 Å². The molecule has 5 nitrogen and oxygen atoms in total. The molecule has 0 radical (unpaired) electrons. The van der Waals surface area contributed by atoms with Crippen LogP contribution in [0.1, 0.15) is 43.7 Å². The summed E-state index contributed by atoms with van der Waals surface area (Å²) in [5, 5.41) is 10.3. The van der Waals surface area contributed by atoms with Gasteiger partial charge in [-0.25, -0.2) is 0 Å². The lowest BCUT2D eigenvalue weighted by Crippen LogP contribution is -2.42. The highest BCUT2D eigenvalue weighted by Crippen LogP contribution is 2.19. The Balaban J connectivity index is 0.00000180. The summed E-state index contributed by atoms with van der Waals surface area (Å²) >= 11 is 0. The molecule has 1 atom stereocenters. The molecule has 0 spiro atoms. The molecule has 0 aromatic carbocycles. The Hall–Kier alpha value is -1.07. The highest BCUT2D eigenvalue weighted by atomic mass is 35.5. The lowest BCUT2D eigenvalue weighted by molar-refractivity contribution is -0.124. The van der Waals surface area contributed by atoms with Crippen LogP contribution < -0.4 is 10.6 Å². The van der Waals surface area contributed by atoms with E-state index in [0.29, 0.717) is 6.04 Å². The number of carbonyl (C=O) groups excluding carboxylic acids is 1. The van der Waals surface area contributed by atoms with Crippen molar-refractivity contribution in [2.24, 2.45) is 7.05 Å². The van der Waals surface area contributed by atoms with E-state index in [1.807, 2.05) is 13.2 Å². The molecule has 2 rings (SSSR count). The molecule has 1 aliphatic rings. The first-order chi connectivity index (χ1) is 8.70. The van der Waals surface area contributed by atoms with E-state index in [2.05, 4.69) is 15.7 Å². The lowest BCUT2D eigenvalue weighted by atomic mass is 9.95. The molecule has 2 N–H and O–H groups in total. The highest BCUT2D eigenvalue weighted by Gasteiger charge is 2.23. The van der Waals surface area contributed by atoms with Crippen LogP contribution in [-0.4, -0.2) is 28.8 Å². The molecule has 1 saturated carbocycles. The Kier molecular flexibility index (Phi) is 6.31. The third-order valence-corrected chi connectivity index (χ3v) is 3.56. The quantitative estimate of drug-likeness (QED) is 0.883. The Morgan fingerprint density at radius 1 is 1.42 bits per heavy atom. The molecule has 0 saturated heterocycles. The molecule has 1 aliphatic carbocycles. The number of hydrogen-bond donors (Lipinski definition) is 2. The van der Waals surface area contributed by atoms with Gasteiger partial charge in [-0.15, -0.1) is 12.4 Å². The van der Waals surface area contributed by atoms with Crippen LogP contribution in [0.15, 0.2) is 12.4 Å². The van der Waals surface area contributed by atoms with Gasteiger partial charge in [-0.3, -0.25) is 9.48 Å². The number of amides is 1. The fraction of sp³-hybridized carbons (Fsp3) is 0.692. The molecular weight excluding hydrogens is 264 g/mol. The molecular formula is C13H23ClN4O. The summed E-state index contributed by atoms with van der Waals surface area (Å²) in [5.41, 5.74) is 0.910. The van der Waals surface area contributed by atoms with Crippen LogP contribution in [0.4, 0.5) is 0 Å². The van der Waals surface area contributed by atoms with Crippen LogP contribution in [0.25, 0.3) is 0 Å². The van der Waals surface area contributed by atoms with Gasteiger partial charge in [-0.05, 0) is 19.9 Å². The molecule has 1 fully saturated rings. The first-order valence-electron chi connectivity index (χ1n) is 6.67. The van der Waals surface area contributed by atoms with Crippen molar-refractivity contribution in [3.63, 3.8) is 0 Å². The normalized spacial score (nSPS) is 17.6. The average Bonchev–Trinajstić information content (AvgIpc) is 2.78. The van der Waals surface area contributed by atoms with Crippen LogP contribution in [0, 0.1) is 0 Å². The summed E-state index contributed by atoms with van der Waals surface area (Å²) < 4.78 is 1.72. The van der Waals surface area contributed by atoms with Gasteiger partial charge in [0.05, 0.1) is 6.20 Å². The second-order valence-corrected chi connectivity index (χ2v) is 5.01. The summed E-state index contributed by atoms with van der Waals surface area (Å²) in [7, 11) is 3.66. The van der Waals surface area contributed by atoms with Crippen molar-refractivity contribution in [2.75, 3.05) is 7.05 Å². The summed E-state index contributed by atoms with van der Waals surface area (Å²) in [6, 6.07) is 0.0411. The van der Waals surface area contributed by atoms with Crippen LogP contribution in [-0.2, 0) is 11.8 Å². The Bertz CT molecular complexity index is 401. The minimum atomic E-state index is -0.305. The smallest absolute Gasteiger partial charge is 0.242 e. The maximum Gasteiger partial charge on any atom is 0.242 e. The second-order valence-electron chi connectivity index (χ2n) is 5.01. The maximum atomic E-state index is 12.2. The van der Waals surface area contributed by atoms with Crippen molar-refractivity contribution in [2.45, 2.75) is 44.2 Å². The topological polar surface area (TPSA) is 59.0 Å². The van der Waals surface area contributed by atoms with Gasteiger partial charge in [0, 0.05) is 24.8 Å². The summed E-state index contributed by atoms with van der Waals surface area (Å²) in [6.45, 7) is 0. The zero-order valence-electron chi connectivity index (χ0n) is 11.6. The van der Waals surface area contributed by atoms with E-state index < -0.39 is 0 Å². The predicted octanol–water partition coefficient (Wildman–Crippen LogP) is 1.55. The third kappa shape index (κ3) is 4.21. The molecule has 19 heavy (non-hydrogen) atoms. The number of carbonyl (C=O) groups is 1. The van der Waals surface area contributed by atoms with E-state index in [4.69, 9.17) is 0 Å². The predicted molar refractivity (Wildman–Crippen MR) is 77.3 cm³/mol. The summed E-state index contributed by atoms with van der Waals surface area (Å²) in [6.07, 6.45) is 9.57. The van der Waals surface area contributed by atoms with E-state index in [9.17, 15) is 4.79 Å². The maximum absolute atomic E-state index is 12.2. The Labute approximate surface area is 120 Å². The van der Waals surface area contributed by atoms with Gasteiger partial charge in [0.2, 0.25) is 5.91 Å². The molecule has 1 amide bonds. The first kappa shape index (κ1) is 16.0. The van der Waals surface area contributed by atoms with E-state index in [-0.39, 0.29) is 24.4 Å². The Morgan fingerprint density at radius 2 is 2.11 bits per heavy atom. The lowest BCUT2D eigenvalue weighted by Gasteiger charge is -2.25. The van der Waals surface area contributed by atoms with Crippen LogP contribution in [0.2, 0.25) is 0 Å². The SMILES string of the molecule is CNC(C(=O)NC1CCCCC1)c1cnn(C)c1.Cl. The van der Waals surface area contributed by atoms with Gasteiger partial charge < -0.3 is 10.6 Å². The summed E-state index contributed by atoms with van der Waals surface area (Å²) in [4.78, 5) is 12.2. The van der Waals surface area contributed by atoms with Gasteiger partial charge in [0.1, 0.15) is 6.04 Å². The zero-order valence-corrected chi connectivity index (χ0v) is 12.4. The highest BCUT2D eigenvalue weighted by molar-refractivity contribution is 5.85. The van der Waals surface area contributed by atoms with E-state index in [1.165, 1.54) is 19.3 Å². The molecule has 1 unspecified atom stereocenters. The van der Waals surface area contributed by atoms with E-state index in [1.54, 1.807) is 17.9 Å². The zero-order chi connectivity index (χ0) is 13.0. The van der Waals surface area contributed by atoms with Crippen molar-refractivity contribution in [1.82, 2.24) is 20.4 Å². The third-order valence-electron chi connectivity index (χ3n) is 3.56. The van der Waals surface area contributed by atoms with Gasteiger partial charge in [-0.1, -0.05) is 19.3 Å². The number of rotatable bonds is 4. The van der Waals surface area contributed by atoms with Crippen molar-refractivity contribution < 1.29 is 4.79 Å². The monoisotopic (exact) mass is 286 g/mol. The fourth-order valence-electron chi connectivity index (χ4n) is 2.57. The Morgan fingerprint density at radius 3 is 2.63 bits per heavy atom. The number of nitrogens with one attached hydrogen (secondary N) is 2. The van der Waals surface area contributed by atoms with Crippen molar-refractivity contribution >= 4 is 18.3 Å². The largest absolute Gasteiger partial charge is 0.352 e. The molecule has 1 aromatic rings. The van der Waals surface area contributed by atoms with Crippen LogP contribution in [0.3, 0.4) is 0 Å². The average molecular weight is 287 g/mol. The molecule has 6 heteroatoms. The van der Waals surface area contributed by atoms with Crippen LogP contribution >= 0.6 is 12.4 Å². The number of aryl methyl sites for hydroxylation is 1. The first-order valence-corrected chi connectivity index (χ1v) is 6.67. The van der Waals surface area contributed by atoms with Gasteiger partial charge in [-0.2, -0.15) is 5.10 Å². The summed E-state index contributed by atoms with van der Waals surface area (Å²) in [5.74, 6) is 0.0531. The molecule has 1 aromatic heterocycles. The van der Waals surface area contributed by atoms with Crippen LogP contribution in [0.5, 0.6) is 0 Å². The van der Waals surface area contributed by atoms with E-state index >= 15 is 0 Å². The minimum absolute atomic E-state index is 0. The van der Waals surface area contributed by atoms with Crippen molar-refractivity contribution in [3.8, 4) is 0 Å². The van der Waals surface area contributed by atoms with Gasteiger partial charge in [0.15, 0.2) is 0 Å². The van der Waals surface area contributed by atoms with Crippen molar-refractivity contribution in [1.29, 1.82) is 0 Å². The number of aromatic nitrogens is 2. The molecule has 0 aliphatic heterocycles. The van der Waals surface area contributed by atoms with Gasteiger partial charge >= 0.3 is 0 Å². The molecule has 108 valence electrons.